The molecular formula is C26H21N3O7S. The van der Waals surface area contributed by atoms with Crippen LogP contribution < -0.4 is 9.64 Å². The molecule has 0 unspecified atom stereocenters. The number of amides is 2. The number of amidine groups is 1. The van der Waals surface area contributed by atoms with Gasteiger partial charge in [-0.05, 0) is 36.4 Å². The average Bonchev–Trinajstić information content (AvgIpc) is 3.32. The van der Waals surface area contributed by atoms with Gasteiger partial charge >= 0.3 is 5.97 Å². The van der Waals surface area contributed by atoms with Crippen LogP contribution in [0.15, 0.2) is 82.1 Å². The van der Waals surface area contributed by atoms with Crippen molar-refractivity contribution in [2.45, 2.75) is 4.90 Å². The second-order valence-electron chi connectivity index (χ2n) is 8.17. The molecule has 2 heterocycles. The number of sulfonamides is 1. The minimum Gasteiger partial charge on any atom is -0.495 e. The molecule has 10 nitrogen and oxygen atoms in total. The molecule has 0 bridgehead atoms. The molecule has 2 aliphatic rings. The van der Waals surface area contributed by atoms with Crippen molar-refractivity contribution >= 4 is 39.3 Å². The van der Waals surface area contributed by atoms with E-state index in [9.17, 15) is 22.8 Å². The lowest BCUT2D eigenvalue weighted by molar-refractivity contribution is -0.143. The number of methoxy groups -OCH3 is 1. The summed E-state index contributed by atoms with van der Waals surface area (Å²) in [5.41, 5.74) is 1.40. The van der Waals surface area contributed by atoms with E-state index in [1.165, 1.54) is 25.3 Å². The SMILES string of the molecule is COc1ccccc1N(CCOC(=O)CN1C(=O)c2ccccc2C1=O)C1=NS(=O)(=O)c2ccccc21. The molecule has 0 N–H and O–H groups in total. The second-order valence-corrected chi connectivity index (χ2v) is 9.74. The van der Waals surface area contributed by atoms with Gasteiger partial charge in [-0.25, -0.2) is 0 Å². The van der Waals surface area contributed by atoms with Crippen LogP contribution in [0.2, 0.25) is 0 Å². The molecule has 0 spiro atoms. The van der Waals surface area contributed by atoms with Gasteiger partial charge in [-0.1, -0.05) is 36.4 Å². The quantitative estimate of drug-likeness (QED) is 0.345. The molecule has 3 aromatic carbocycles. The van der Waals surface area contributed by atoms with Crippen LogP contribution in [-0.4, -0.2) is 63.7 Å². The van der Waals surface area contributed by atoms with Gasteiger partial charge in [0.25, 0.3) is 21.8 Å². The van der Waals surface area contributed by atoms with Crippen molar-refractivity contribution < 1.29 is 32.3 Å². The number of nitrogens with zero attached hydrogens (tertiary/aromatic N) is 3. The summed E-state index contributed by atoms with van der Waals surface area (Å²) in [6.45, 7) is -0.697. The van der Waals surface area contributed by atoms with E-state index < -0.39 is 34.4 Å². The highest BCUT2D eigenvalue weighted by molar-refractivity contribution is 7.90. The summed E-state index contributed by atoms with van der Waals surface area (Å²) in [5, 5.41) is 0. The van der Waals surface area contributed by atoms with Gasteiger partial charge in [0.15, 0.2) is 5.84 Å². The average molecular weight is 520 g/mol. The third-order valence-electron chi connectivity index (χ3n) is 5.99. The van der Waals surface area contributed by atoms with Crippen LogP contribution in [0.25, 0.3) is 0 Å². The molecule has 5 rings (SSSR count). The summed E-state index contributed by atoms with van der Waals surface area (Å²) in [4.78, 5) is 40.1. The third kappa shape index (κ3) is 4.33. The largest absolute Gasteiger partial charge is 0.495 e. The number of benzene rings is 3. The van der Waals surface area contributed by atoms with Crippen molar-refractivity contribution in [1.82, 2.24) is 4.90 Å². The molecule has 0 radical (unpaired) electrons. The molecule has 0 fully saturated rings. The lowest BCUT2D eigenvalue weighted by Crippen LogP contribution is -2.38. The van der Waals surface area contributed by atoms with Gasteiger partial charge in [-0.3, -0.25) is 19.3 Å². The summed E-state index contributed by atoms with van der Waals surface area (Å²) in [5.74, 6) is -1.28. The molecule has 11 heteroatoms. The molecule has 3 aromatic rings. The second kappa shape index (κ2) is 9.51. The Kier molecular flexibility index (Phi) is 6.22. The minimum atomic E-state index is -3.91. The molecule has 2 aliphatic heterocycles. The Morgan fingerprint density at radius 2 is 1.49 bits per heavy atom. The van der Waals surface area contributed by atoms with Crippen molar-refractivity contribution in [2.24, 2.45) is 4.40 Å². The van der Waals surface area contributed by atoms with E-state index in [2.05, 4.69) is 4.40 Å². The molecule has 0 saturated carbocycles. The van der Waals surface area contributed by atoms with E-state index in [1.807, 2.05) is 0 Å². The van der Waals surface area contributed by atoms with E-state index in [1.54, 1.807) is 59.5 Å². The molecule has 188 valence electrons. The topological polar surface area (TPSA) is 123 Å². The monoisotopic (exact) mass is 519 g/mol. The van der Waals surface area contributed by atoms with E-state index >= 15 is 0 Å². The standard InChI is InChI=1S/C26H21N3O7S/c1-35-21-12-6-5-11-20(21)28(24-19-10-4-7-13-22(19)37(33,34)27-24)14-15-36-23(30)16-29-25(31)17-8-2-3-9-18(17)26(29)32/h2-13H,14-16H2,1H3. The van der Waals surface area contributed by atoms with Gasteiger partial charge in [0.1, 0.15) is 23.8 Å². The Bertz CT molecular complexity index is 1530. The van der Waals surface area contributed by atoms with Gasteiger partial charge in [0.05, 0.1) is 30.5 Å². The number of rotatable bonds is 7. The Balaban J connectivity index is 1.35. The highest BCUT2D eigenvalue weighted by Crippen LogP contribution is 2.34. The van der Waals surface area contributed by atoms with Crippen LogP contribution in [0.4, 0.5) is 5.69 Å². The molecule has 0 aromatic heterocycles. The van der Waals surface area contributed by atoms with Crippen LogP contribution in [0, 0.1) is 0 Å². The molecule has 2 amide bonds. The molecule has 37 heavy (non-hydrogen) atoms. The van der Waals surface area contributed by atoms with E-state index in [0.717, 1.165) is 4.90 Å². The van der Waals surface area contributed by atoms with E-state index in [4.69, 9.17) is 9.47 Å². The maximum absolute atomic E-state index is 12.7. The first-order valence-corrected chi connectivity index (χ1v) is 12.7. The summed E-state index contributed by atoms with van der Waals surface area (Å²) in [7, 11) is -2.42. The molecule has 0 saturated heterocycles. The van der Waals surface area contributed by atoms with Crippen molar-refractivity contribution in [2.75, 3.05) is 31.7 Å². The van der Waals surface area contributed by atoms with Gasteiger partial charge in [0.2, 0.25) is 0 Å². The van der Waals surface area contributed by atoms with E-state index in [-0.39, 0.29) is 35.0 Å². The number of esters is 1. The van der Waals surface area contributed by atoms with E-state index in [0.29, 0.717) is 17.0 Å². The number of ether oxygens (including phenoxy) is 2. The Morgan fingerprint density at radius 3 is 2.16 bits per heavy atom. The van der Waals surface area contributed by atoms with Crippen molar-refractivity contribution in [3.63, 3.8) is 0 Å². The molecule has 0 atom stereocenters. The van der Waals surface area contributed by atoms with Crippen LogP contribution >= 0.6 is 0 Å². The first-order chi connectivity index (χ1) is 17.8. The summed E-state index contributed by atoms with van der Waals surface area (Å²) >= 11 is 0. The number of carbonyl (C=O) groups is 3. The normalized spacial score (nSPS) is 15.2. The zero-order chi connectivity index (χ0) is 26.2. The summed E-state index contributed by atoms with van der Waals surface area (Å²) in [6, 6.07) is 19.8. The number of hydrogen-bond acceptors (Lipinski definition) is 8. The van der Waals surface area contributed by atoms with Gasteiger partial charge in [-0.15, -0.1) is 4.40 Å². The van der Waals surface area contributed by atoms with Crippen molar-refractivity contribution in [3.8, 4) is 5.75 Å². The minimum absolute atomic E-state index is 0.0247. The fourth-order valence-corrected chi connectivity index (χ4v) is 5.50. The summed E-state index contributed by atoms with van der Waals surface area (Å²) < 4.78 is 40.2. The van der Waals surface area contributed by atoms with Gasteiger partial charge < -0.3 is 14.4 Å². The number of carbonyl (C=O) groups excluding carboxylic acids is 3. The Labute approximate surface area is 212 Å². The number of fused-ring (bicyclic) bond motifs is 2. The molecule has 0 aliphatic carbocycles. The lowest BCUT2D eigenvalue weighted by Gasteiger charge is -2.26. The number of anilines is 1. The Hall–Kier alpha value is -4.51. The number of para-hydroxylation sites is 2. The predicted molar refractivity (Wildman–Crippen MR) is 133 cm³/mol. The highest BCUT2D eigenvalue weighted by Gasteiger charge is 2.37. The molecular weight excluding hydrogens is 498 g/mol. The maximum atomic E-state index is 12.7. The summed E-state index contributed by atoms with van der Waals surface area (Å²) in [6.07, 6.45) is 0. The third-order valence-corrected chi connectivity index (χ3v) is 7.31. The van der Waals surface area contributed by atoms with Crippen molar-refractivity contribution in [1.29, 1.82) is 0 Å². The maximum Gasteiger partial charge on any atom is 0.326 e. The zero-order valence-electron chi connectivity index (χ0n) is 19.7. The van der Waals surface area contributed by atoms with Crippen LogP contribution in [-0.2, 0) is 19.6 Å². The van der Waals surface area contributed by atoms with Crippen LogP contribution in [0.3, 0.4) is 0 Å². The zero-order valence-corrected chi connectivity index (χ0v) is 20.5. The first-order valence-electron chi connectivity index (χ1n) is 11.3. The van der Waals surface area contributed by atoms with Crippen LogP contribution in [0.1, 0.15) is 26.3 Å². The number of hydrogen-bond donors (Lipinski definition) is 0. The lowest BCUT2D eigenvalue weighted by atomic mass is 10.1. The highest BCUT2D eigenvalue weighted by atomic mass is 32.2. The Morgan fingerprint density at radius 1 is 0.892 bits per heavy atom. The number of imide groups is 1. The van der Waals surface area contributed by atoms with Crippen LogP contribution in [0.5, 0.6) is 5.75 Å². The predicted octanol–water partition coefficient (Wildman–Crippen LogP) is 2.49. The first kappa shape index (κ1) is 24.2. The van der Waals surface area contributed by atoms with Crippen molar-refractivity contribution in [3.05, 3.63) is 89.5 Å². The fourth-order valence-electron chi connectivity index (χ4n) is 4.28. The smallest absolute Gasteiger partial charge is 0.326 e. The van der Waals surface area contributed by atoms with Gasteiger partial charge in [0, 0.05) is 5.56 Å². The van der Waals surface area contributed by atoms with Gasteiger partial charge in [-0.2, -0.15) is 8.42 Å². The fraction of sp³-hybridized carbons (Fsp3) is 0.154.